The summed E-state index contributed by atoms with van der Waals surface area (Å²) in [4.78, 5) is 14.0. The Morgan fingerprint density at radius 2 is 2.15 bits per heavy atom. The summed E-state index contributed by atoms with van der Waals surface area (Å²) in [6.45, 7) is 5.57. The summed E-state index contributed by atoms with van der Waals surface area (Å²) < 4.78 is 0. The zero-order valence-electron chi connectivity index (χ0n) is 13.4. The Labute approximate surface area is 123 Å². The highest BCUT2D eigenvalue weighted by atomic mass is 16.3. The maximum atomic E-state index is 11.9. The molecule has 2 amide bonds. The molecule has 5 nitrogen and oxygen atoms in total. The van der Waals surface area contributed by atoms with Crippen molar-refractivity contribution in [2.45, 2.75) is 58.1 Å². The van der Waals surface area contributed by atoms with Crippen LogP contribution in [0.2, 0.25) is 0 Å². The molecule has 3 atom stereocenters. The van der Waals surface area contributed by atoms with Crippen LogP contribution in [0.3, 0.4) is 0 Å². The molecule has 0 radical (unpaired) electrons. The van der Waals surface area contributed by atoms with E-state index in [-0.39, 0.29) is 23.6 Å². The van der Waals surface area contributed by atoms with Gasteiger partial charge in [-0.15, -0.1) is 0 Å². The van der Waals surface area contributed by atoms with Gasteiger partial charge in [0.15, 0.2) is 0 Å². The van der Waals surface area contributed by atoms with Crippen LogP contribution in [0.15, 0.2) is 0 Å². The molecule has 0 saturated heterocycles. The van der Waals surface area contributed by atoms with Crippen molar-refractivity contribution >= 4 is 6.03 Å². The topological polar surface area (TPSA) is 64.6 Å². The van der Waals surface area contributed by atoms with Gasteiger partial charge in [-0.05, 0) is 46.8 Å². The summed E-state index contributed by atoms with van der Waals surface area (Å²) in [5.41, 5.74) is -0.178. The van der Waals surface area contributed by atoms with Crippen molar-refractivity contribution in [3.63, 3.8) is 0 Å². The molecule has 0 aromatic rings. The molecule has 3 N–H and O–H groups in total. The van der Waals surface area contributed by atoms with Crippen LogP contribution in [0.5, 0.6) is 0 Å². The SMILES string of the molecule is CC(CCN(C)C)NC(=O)NCC1(C)CCCCC1O. The van der Waals surface area contributed by atoms with Gasteiger partial charge < -0.3 is 20.6 Å². The third kappa shape index (κ3) is 5.67. The normalized spacial score (nSPS) is 28.2. The van der Waals surface area contributed by atoms with Crippen molar-refractivity contribution in [1.29, 1.82) is 0 Å². The second kappa shape index (κ2) is 7.84. The van der Waals surface area contributed by atoms with Gasteiger partial charge in [-0.2, -0.15) is 0 Å². The van der Waals surface area contributed by atoms with Crippen molar-refractivity contribution in [2.75, 3.05) is 27.2 Å². The lowest BCUT2D eigenvalue weighted by molar-refractivity contribution is 0.00305. The number of nitrogens with one attached hydrogen (secondary N) is 2. The van der Waals surface area contributed by atoms with Crippen molar-refractivity contribution < 1.29 is 9.90 Å². The second-order valence-electron chi connectivity index (χ2n) is 6.74. The molecule has 0 aliphatic heterocycles. The summed E-state index contributed by atoms with van der Waals surface area (Å²) in [5.74, 6) is 0. The van der Waals surface area contributed by atoms with Crippen LogP contribution in [0.1, 0.15) is 46.0 Å². The molecule has 1 saturated carbocycles. The van der Waals surface area contributed by atoms with Crippen LogP contribution in [-0.2, 0) is 0 Å². The van der Waals surface area contributed by atoms with Gasteiger partial charge in [-0.25, -0.2) is 4.79 Å². The fourth-order valence-corrected chi connectivity index (χ4v) is 2.67. The van der Waals surface area contributed by atoms with Gasteiger partial charge in [0.1, 0.15) is 0 Å². The quantitative estimate of drug-likeness (QED) is 0.694. The highest BCUT2D eigenvalue weighted by Crippen LogP contribution is 2.35. The maximum Gasteiger partial charge on any atom is 0.315 e. The Hall–Kier alpha value is -0.810. The highest BCUT2D eigenvalue weighted by molar-refractivity contribution is 5.74. The van der Waals surface area contributed by atoms with Crippen LogP contribution in [-0.4, -0.2) is 55.4 Å². The number of hydrogen-bond donors (Lipinski definition) is 3. The fourth-order valence-electron chi connectivity index (χ4n) is 2.67. The first-order valence-corrected chi connectivity index (χ1v) is 7.70. The predicted octanol–water partition coefficient (Wildman–Crippen LogP) is 1.57. The number of amides is 2. The predicted molar refractivity (Wildman–Crippen MR) is 81.7 cm³/mol. The minimum absolute atomic E-state index is 0.129. The maximum absolute atomic E-state index is 11.9. The molecule has 0 heterocycles. The van der Waals surface area contributed by atoms with Crippen LogP contribution in [0.25, 0.3) is 0 Å². The number of hydrogen-bond acceptors (Lipinski definition) is 3. The Balaban J connectivity index is 2.28. The van der Waals surface area contributed by atoms with Gasteiger partial charge >= 0.3 is 6.03 Å². The Morgan fingerprint density at radius 3 is 2.75 bits per heavy atom. The van der Waals surface area contributed by atoms with E-state index in [1.165, 1.54) is 0 Å². The first-order chi connectivity index (χ1) is 9.33. The monoisotopic (exact) mass is 285 g/mol. The van der Waals surface area contributed by atoms with Gasteiger partial charge in [-0.1, -0.05) is 19.8 Å². The van der Waals surface area contributed by atoms with Crippen molar-refractivity contribution in [1.82, 2.24) is 15.5 Å². The van der Waals surface area contributed by atoms with Crippen molar-refractivity contribution in [3.8, 4) is 0 Å². The summed E-state index contributed by atoms with van der Waals surface area (Å²) in [7, 11) is 4.05. The van der Waals surface area contributed by atoms with E-state index in [1.54, 1.807) is 0 Å². The van der Waals surface area contributed by atoms with Gasteiger partial charge in [-0.3, -0.25) is 0 Å². The van der Waals surface area contributed by atoms with E-state index in [0.717, 1.165) is 38.6 Å². The van der Waals surface area contributed by atoms with Crippen LogP contribution in [0.4, 0.5) is 4.79 Å². The molecular weight excluding hydrogens is 254 g/mol. The average molecular weight is 285 g/mol. The summed E-state index contributed by atoms with van der Waals surface area (Å²) in [6.07, 6.45) is 4.67. The molecule has 118 valence electrons. The molecule has 1 aliphatic carbocycles. The van der Waals surface area contributed by atoms with E-state index in [2.05, 4.69) is 22.5 Å². The second-order valence-corrected chi connectivity index (χ2v) is 6.74. The van der Waals surface area contributed by atoms with E-state index < -0.39 is 0 Å². The molecule has 3 unspecified atom stereocenters. The van der Waals surface area contributed by atoms with E-state index in [0.29, 0.717) is 6.54 Å². The van der Waals surface area contributed by atoms with Gasteiger partial charge in [0, 0.05) is 18.0 Å². The molecule has 0 aromatic carbocycles. The number of nitrogens with zero attached hydrogens (tertiary/aromatic N) is 1. The van der Waals surface area contributed by atoms with Crippen molar-refractivity contribution in [2.24, 2.45) is 5.41 Å². The molecule has 0 aromatic heterocycles. The minimum Gasteiger partial charge on any atom is -0.392 e. The number of carbonyl (C=O) groups is 1. The first kappa shape index (κ1) is 17.2. The lowest BCUT2D eigenvalue weighted by Crippen LogP contribution is -2.49. The molecule has 1 fully saturated rings. The summed E-state index contributed by atoms with van der Waals surface area (Å²) in [5, 5.41) is 16.0. The number of urea groups is 1. The van der Waals surface area contributed by atoms with E-state index in [1.807, 2.05) is 21.0 Å². The smallest absolute Gasteiger partial charge is 0.315 e. The molecule has 0 bridgehead atoms. The zero-order chi connectivity index (χ0) is 15.2. The van der Waals surface area contributed by atoms with E-state index in [4.69, 9.17) is 0 Å². The van der Waals surface area contributed by atoms with Gasteiger partial charge in [0.2, 0.25) is 0 Å². The molecule has 1 aliphatic rings. The number of aliphatic hydroxyl groups is 1. The van der Waals surface area contributed by atoms with E-state index in [9.17, 15) is 9.90 Å². The average Bonchev–Trinajstić information content (AvgIpc) is 2.38. The molecule has 5 heteroatoms. The lowest BCUT2D eigenvalue weighted by atomic mass is 9.73. The molecule has 0 spiro atoms. The van der Waals surface area contributed by atoms with Crippen LogP contribution < -0.4 is 10.6 Å². The van der Waals surface area contributed by atoms with Crippen LogP contribution >= 0.6 is 0 Å². The van der Waals surface area contributed by atoms with Gasteiger partial charge in [0.05, 0.1) is 6.10 Å². The number of carbonyl (C=O) groups excluding carboxylic acids is 1. The molecule has 1 rings (SSSR count). The largest absolute Gasteiger partial charge is 0.392 e. The Kier molecular flexibility index (Phi) is 6.76. The molecular formula is C15H31N3O2. The zero-order valence-corrected chi connectivity index (χ0v) is 13.4. The lowest BCUT2D eigenvalue weighted by Gasteiger charge is -2.38. The Morgan fingerprint density at radius 1 is 1.45 bits per heavy atom. The number of aliphatic hydroxyl groups excluding tert-OH is 1. The summed E-state index contributed by atoms with van der Waals surface area (Å²) >= 11 is 0. The summed E-state index contributed by atoms with van der Waals surface area (Å²) in [6, 6.07) is 0.0248. The van der Waals surface area contributed by atoms with Gasteiger partial charge in [0.25, 0.3) is 0 Å². The van der Waals surface area contributed by atoms with Crippen LogP contribution in [0, 0.1) is 5.41 Å². The highest BCUT2D eigenvalue weighted by Gasteiger charge is 2.35. The third-order valence-corrected chi connectivity index (χ3v) is 4.32. The Bertz CT molecular complexity index is 309. The molecule has 20 heavy (non-hydrogen) atoms. The fraction of sp³-hybridized carbons (Fsp3) is 0.933. The standard InChI is InChI=1S/C15H31N3O2/c1-12(8-10-18(3)4)17-14(20)16-11-15(2)9-6-5-7-13(15)19/h12-13,19H,5-11H2,1-4H3,(H2,16,17,20). The third-order valence-electron chi connectivity index (χ3n) is 4.32. The number of rotatable bonds is 6. The minimum atomic E-state index is -0.303. The van der Waals surface area contributed by atoms with E-state index >= 15 is 0 Å². The van der Waals surface area contributed by atoms with Crippen molar-refractivity contribution in [3.05, 3.63) is 0 Å². The first-order valence-electron chi connectivity index (χ1n) is 7.70.